The Bertz CT molecular complexity index is 678. The molecule has 6 heteroatoms. The quantitative estimate of drug-likeness (QED) is 0.392. The maximum absolute atomic E-state index is 8.60. The number of hydrogen-bond donors (Lipinski definition) is 1. The van der Waals surface area contributed by atoms with Gasteiger partial charge in [-0.25, -0.2) is 4.99 Å². The molecular weight excluding hydrogens is 318 g/mol. The molecule has 0 unspecified atom stereocenters. The van der Waals surface area contributed by atoms with Gasteiger partial charge in [0.05, 0.1) is 5.69 Å². The van der Waals surface area contributed by atoms with Gasteiger partial charge in [0.2, 0.25) is 0 Å². The normalized spacial score (nSPS) is 10.9. The molecule has 0 amide bonds. The molecule has 22 heavy (non-hydrogen) atoms. The number of nitrogens with one attached hydrogen (secondary N) is 1. The summed E-state index contributed by atoms with van der Waals surface area (Å²) in [5, 5.41) is 12.4. The summed E-state index contributed by atoms with van der Waals surface area (Å²) in [6.07, 6.45) is 3.71. The molecule has 0 fully saturated rings. The van der Waals surface area contributed by atoms with Gasteiger partial charge in [0.1, 0.15) is 12.4 Å². The summed E-state index contributed by atoms with van der Waals surface area (Å²) < 4.78 is 5.70. The minimum absolute atomic E-state index is 0.478. The van der Waals surface area contributed by atoms with Crippen molar-refractivity contribution < 1.29 is 4.74 Å². The second kappa shape index (κ2) is 8.32. The van der Waals surface area contributed by atoms with E-state index >= 15 is 0 Å². The van der Waals surface area contributed by atoms with E-state index in [2.05, 4.69) is 10.3 Å². The van der Waals surface area contributed by atoms with Crippen LogP contribution < -0.4 is 10.1 Å². The molecule has 2 aromatic rings. The second-order valence-corrected chi connectivity index (χ2v) is 5.50. The zero-order valence-electron chi connectivity index (χ0n) is 11.9. The Morgan fingerprint density at radius 2 is 1.91 bits per heavy atom. The molecule has 0 radical (unpaired) electrons. The molecule has 0 aliphatic rings. The van der Waals surface area contributed by atoms with Crippen LogP contribution in [0.2, 0.25) is 5.02 Å². The summed E-state index contributed by atoms with van der Waals surface area (Å²) in [6, 6.07) is 14.9. The van der Waals surface area contributed by atoms with Crippen molar-refractivity contribution in [2.75, 3.05) is 6.26 Å². The molecule has 0 atom stereocenters. The maximum atomic E-state index is 8.60. The molecule has 0 bridgehead atoms. The molecule has 0 saturated carbocycles. The van der Waals surface area contributed by atoms with Gasteiger partial charge < -0.3 is 4.74 Å². The molecular formula is C16H14ClN3OS. The van der Waals surface area contributed by atoms with Gasteiger partial charge in [-0.2, -0.15) is 5.26 Å². The van der Waals surface area contributed by atoms with Gasteiger partial charge in [0.25, 0.3) is 0 Å². The van der Waals surface area contributed by atoms with Crippen LogP contribution in [0, 0.1) is 11.5 Å². The van der Waals surface area contributed by atoms with Crippen LogP contribution in [0.5, 0.6) is 5.75 Å². The molecule has 1 N–H and O–H groups in total. The topological polar surface area (TPSA) is 57.4 Å². The summed E-state index contributed by atoms with van der Waals surface area (Å²) in [7, 11) is 0. The Labute approximate surface area is 138 Å². The Kier molecular flexibility index (Phi) is 6.13. The lowest BCUT2D eigenvalue weighted by Gasteiger charge is -2.07. The Morgan fingerprint density at radius 1 is 1.23 bits per heavy atom. The number of nitrogens with zero attached hydrogens (tertiary/aromatic N) is 2. The first kappa shape index (κ1) is 16.2. The standard InChI is InChI=1S/C16H14ClN3OS/c1-22-16(19-11-18)20-14-6-8-15(9-7-14)21-10-12-2-4-13(17)5-3-12/h2-9H,10H2,1H3,(H,19,20). The fourth-order valence-corrected chi connectivity index (χ4v) is 2.12. The highest BCUT2D eigenvalue weighted by Crippen LogP contribution is 2.20. The van der Waals surface area contributed by atoms with Crippen molar-refractivity contribution in [1.82, 2.24) is 5.32 Å². The van der Waals surface area contributed by atoms with E-state index in [0.29, 0.717) is 16.8 Å². The molecule has 0 spiro atoms. The monoisotopic (exact) mass is 331 g/mol. The largest absolute Gasteiger partial charge is 0.489 e. The van der Waals surface area contributed by atoms with Crippen LogP contribution in [0.3, 0.4) is 0 Å². The lowest BCUT2D eigenvalue weighted by atomic mass is 10.2. The number of benzene rings is 2. The summed E-state index contributed by atoms with van der Waals surface area (Å²) in [5.74, 6) is 0.757. The van der Waals surface area contributed by atoms with Crippen LogP contribution in [-0.2, 0) is 6.61 Å². The van der Waals surface area contributed by atoms with Gasteiger partial charge in [-0.3, -0.25) is 5.32 Å². The summed E-state index contributed by atoms with van der Waals surface area (Å²) in [5.41, 5.74) is 1.81. The number of halogens is 1. The SMILES string of the molecule is CSC(=Nc1ccc(OCc2ccc(Cl)cc2)cc1)NC#N. The first-order chi connectivity index (χ1) is 10.7. The first-order valence-electron chi connectivity index (χ1n) is 6.46. The predicted octanol–water partition coefficient (Wildman–Crippen LogP) is 4.34. The molecule has 2 rings (SSSR count). The van der Waals surface area contributed by atoms with Crippen LogP contribution in [-0.4, -0.2) is 11.4 Å². The number of hydrogen-bond acceptors (Lipinski definition) is 4. The third-order valence-corrected chi connectivity index (χ3v) is 3.57. The number of aliphatic imine (C=N–C) groups is 1. The number of nitriles is 1. The molecule has 0 heterocycles. The van der Waals surface area contributed by atoms with E-state index in [1.165, 1.54) is 11.8 Å². The lowest BCUT2D eigenvalue weighted by molar-refractivity contribution is 0.306. The van der Waals surface area contributed by atoms with E-state index in [4.69, 9.17) is 21.6 Å². The van der Waals surface area contributed by atoms with Crippen LogP contribution in [0.15, 0.2) is 53.5 Å². The highest BCUT2D eigenvalue weighted by Gasteiger charge is 1.99. The third-order valence-electron chi connectivity index (χ3n) is 2.74. The van der Waals surface area contributed by atoms with Gasteiger partial charge in [-0.1, -0.05) is 35.5 Å². The van der Waals surface area contributed by atoms with Gasteiger partial charge in [0, 0.05) is 5.02 Å². The van der Waals surface area contributed by atoms with Crippen LogP contribution in [0.4, 0.5) is 5.69 Å². The number of ether oxygens (including phenoxy) is 1. The van der Waals surface area contributed by atoms with Gasteiger partial charge in [-0.15, -0.1) is 0 Å². The molecule has 4 nitrogen and oxygen atoms in total. The number of amidine groups is 1. The fourth-order valence-electron chi connectivity index (χ4n) is 1.65. The molecule has 0 aromatic heterocycles. The summed E-state index contributed by atoms with van der Waals surface area (Å²) >= 11 is 7.22. The van der Waals surface area contributed by atoms with Gasteiger partial charge in [0.15, 0.2) is 11.4 Å². The zero-order valence-corrected chi connectivity index (χ0v) is 13.5. The Balaban J connectivity index is 1.97. The average molecular weight is 332 g/mol. The number of rotatable bonds is 4. The van der Waals surface area contributed by atoms with Crippen molar-refractivity contribution in [3.8, 4) is 11.9 Å². The third kappa shape index (κ3) is 4.99. The first-order valence-corrected chi connectivity index (χ1v) is 8.06. The van der Waals surface area contributed by atoms with Crippen LogP contribution in [0.25, 0.3) is 0 Å². The highest BCUT2D eigenvalue weighted by molar-refractivity contribution is 8.13. The molecule has 0 saturated heterocycles. The van der Waals surface area contributed by atoms with Crippen molar-refractivity contribution in [2.24, 2.45) is 4.99 Å². The highest BCUT2D eigenvalue weighted by atomic mass is 35.5. The molecule has 0 aliphatic heterocycles. The van der Waals surface area contributed by atoms with E-state index in [1.807, 2.05) is 61.0 Å². The molecule has 112 valence electrons. The van der Waals surface area contributed by atoms with Gasteiger partial charge in [-0.05, 0) is 48.2 Å². The van der Waals surface area contributed by atoms with Crippen LogP contribution >= 0.6 is 23.4 Å². The summed E-state index contributed by atoms with van der Waals surface area (Å²) in [4.78, 5) is 4.31. The van der Waals surface area contributed by atoms with Crippen molar-refractivity contribution in [3.05, 3.63) is 59.1 Å². The fraction of sp³-hybridized carbons (Fsp3) is 0.125. The van der Waals surface area contributed by atoms with E-state index in [0.717, 1.165) is 17.0 Å². The lowest BCUT2D eigenvalue weighted by Crippen LogP contribution is -2.12. The minimum atomic E-state index is 0.478. The Hall–Kier alpha value is -2.16. The van der Waals surface area contributed by atoms with E-state index in [1.54, 1.807) is 0 Å². The van der Waals surface area contributed by atoms with Crippen molar-refractivity contribution >= 4 is 34.2 Å². The van der Waals surface area contributed by atoms with Crippen molar-refractivity contribution in [3.63, 3.8) is 0 Å². The summed E-state index contributed by atoms with van der Waals surface area (Å²) in [6.45, 7) is 0.478. The molecule has 0 aliphatic carbocycles. The average Bonchev–Trinajstić information content (AvgIpc) is 2.55. The molecule has 2 aromatic carbocycles. The minimum Gasteiger partial charge on any atom is -0.489 e. The Morgan fingerprint density at radius 3 is 2.50 bits per heavy atom. The van der Waals surface area contributed by atoms with E-state index < -0.39 is 0 Å². The van der Waals surface area contributed by atoms with Crippen molar-refractivity contribution in [1.29, 1.82) is 5.26 Å². The smallest absolute Gasteiger partial charge is 0.183 e. The zero-order chi connectivity index (χ0) is 15.8. The maximum Gasteiger partial charge on any atom is 0.183 e. The van der Waals surface area contributed by atoms with E-state index in [-0.39, 0.29) is 0 Å². The van der Waals surface area contributed by atoms with Gasteiger partial charge >= 0.3 is 0 Å². The van der Waals surface area contributed by atoms with Crippen molar-refractivity contribution in [2.45, 2.75) is 6.61 Å². The van der Waals surface area contributed by atoms with Crippen LogP contribution in [0.1, 0.15) is 5.56 Å². The second-order valence-electron chi connectivity index (χ2n) is 4.27. The van der Waals surface area contributed by atoms with E-state index in [9.17, 15) is 0 Å². The number of thioether (sulfide) groups is 1. The predicted molar refractivity (Wildman–Crippen MR) is 91.6 cm³/mol.